The molecule has 0 unspecified atom stereocenters. The Morgan fingerprint density at radius 2 is 2.14 bits per heavy atom. The van der Waals surface area contributed by atoms with Crippen molar-refractivity contribution >= 4 is 11.2 Å². The van der Waals surface area contributed by atoms with Crippen molar-refractivity contribution in [2.24, 2.45) is 0 Å². The number of imidazole rings is 1. The highest BCUT2D eigenvalue weighted by atomic mass is 19.1. The molecular weight excluding hydrogens is 269 g/mol. The maximum atomic E-state index is 13.4. The van der Waals surface area contributed by atoms with Gasteiger partial charge in [-0.05, 0) is 29.8 Å². The molecule has 108 valence electrons. The van der Waals surface area contributed by atoms with E-state index < -0.39 is 0 Å². The predicted molar refractivity (Wildman–Crippen MR) is 78.6 cm³/mol. The lowest BCUT2D eigenvalue weighted by atomic mass is 10.2. The molecule has 0 aliphatic carbocycles. The van der Waals surface area contributed by atoms with Gasteiger partial charge in [-0.3, -0.25) is 0 Å². The number of hydrogen-bond donors (Lipinski definition) is 0. The van der Waals surface area contributed by atoms with Gasteiger partial charge < -0.3 is 9.30 Å². The number of ether oxygens (including phenoxy) is 1. The second-order valence-corrected chi connectivity index (χ2v) is 4.83. The molecular formula is C16H16FN3O. The number of methoxy groups -OCH3 is 1. The van der Waals surface area contributed by atoms with Crippen molar-refractivity contribution in [1.29, 1.82) is 0 Å². The normalized spacial score (nSPS) is 11.1. The van der Waals surface area contributed by atoms with E-state index in [9.17, 15) is 4.39 Å². The van der Waals surface area contributed by atoms with Gasteiger partial charge in [-0.25, -0.2) is 14.4 Å². The highest BCUT2D eigenvalue weighted by Crippen LogP contribution is 2.17. The SMILES string of the molecule is COCCc1nc2cccnc2n1Cc1cccc(F)c1. The fraction of sp³-hybridized carbons (Fsp3) is 0.250. The molecule has 3 aromatic rings. The Labute approximate surface area is 122 Å². The zero-order valence-electron chi connectivity index (χ0n) is 11.8. The smallest absolute Gasteiger partial charge is 0.160 e. The number of nitrogens with zero attached hydrogens (tertiary/aromatic N) is 3. The van der Waals surface area contributed by atoms with Crippen molar-refractivity contribution < 1.29 is 9.13 Å². The van der Waals surface area contributed by atoms with Gasteiger partial charge in [0.2, 0.25) is 0 Å². The van der Waals surface area contributed by atoms with Crippen molar-refractivity contribution in [3.8, 4) is 0 Å². The Morgan fingerprint density at radius 3 is 2.95 bits per heavy atom. The van der Waals surface area contributed by atoms with E-state index in [1.165, 1.54) is 12.1 Å². The fourth-order valence-electron chi connectivity index (χ4n) is 2.37. The molecule has 0 amide bonds. The van der Waals surface area contributed by atoms with Gasteiger partial charge in [0.1, 0.15) is 17.2 Å². The lowest BCUT2D eigenvalue weighted by Crippen LogP contribution is -2.08. The average Bonchev–Trinajstić information content (AvgIpc) is 2.83. The summed E-state index contributed by atoms with van der Waals surface area (Å²) < 4.78 is 20.5. The highest BCUT2D eigenvalue weighted by molar-refractivity contribution is 5.71. The minimum Gasteiger partial charge on any atom is -0.384 e. The molecule has 0 fully saturated rings. The lowest BCUT2D eigenvalue weighted by Gasteiger charge is -2.08. The van der Waals surface area contributed by atoms with E-state index in [4.69, 9.17) is 4.74 Å². The Morgan fingerprint density at radius 1 is 1.24 bits per heavy atom. The van der Waals surface area contributed by atoms with Crippen LogP contribution in [0.4, 0.5) is 4.39 Å². The highest BCUT2D eigenvalue weighted by Gasteiger charge is 2.12. The first kappa shape index (κ1) is 13.7. The molecule has 0 bridgehead atoms. The van der Waals surface area contributed by atoms with E-state index in [1.807, 2.05) is 22.8 Å². The minimum atomic E-state index is -0.233. The van der Waals surface area contributed by atoms with Crippen LogP contribution in [0.5, 0.6) is 0 Å². The maximum absolute atomic E-state index is 13.4. The summed E-state index contributed by atoms with van der Waals surface area (Å²) in [5.74, 6) is 0.665. The van der Waals surface area contributed by atoms with Gasteiger partial charge in [-0.15, -0.1) is 0 Å². The number of halogens is 1. The van der Waals surface area contributed by atoms with Crippen LogP contribution < -0.4 is 0 Å². The molecule has 0 aliphatic rings. The number of benzene rings is 1. The molecule has 2 aromatic heterocycles. The number of rotatable bonds is 5. The van der Waals surface area contributed by atoms with Crippen molar-refractivity contribution in [3.05, 3.63) is 59.8 Å². The first-order chi connectivity index (χ1) is 10.3. The van der Waals surface area contributed by atoms with E-state index in [2.05, 4.69) is 9.97 Å². The Hall–Kier alpha value is -2.27. The largest absolute Gasteiger partial charge is 0.384 e. The Bertz CT molecular complexity index is 754. The van der Waals surface area contributed by atoms with Gasteiger partial charge in [0.25, 0.3) is 0 Å². The van der Waals surface area contributed by atoms with Gasteiger partial charge in [-0.1, -0.05) is 12.1 Å². The van der Waals surface area contributed by atoms with Crippen molar-refractivity contribution in [3.63, 3.8) is 0 Å². The van der Waals surface area contributed by atoms with Crippen molar-refractivity contribution in [2.45, 2.75) is 13.0 Å². The van der Waals surface area contributed by atoms with E-state index in [-0.39, 0.29) is 5.82 Å². The summed E-state index contributed by atoms with van der Waals surface area (Å²) in [6, 6.07) is 10.4. The zero-order valence-corrected chi connectivity index (χ0v) is 11.8. The van der Waals surface area contributed by atoms with Crippen LogP contribution in [-0.2, 0) is 17.7 Å². The molecule has 0 saturated carbocycles. The van der Waals surface area contributed by atoms with Crippen LogP contribution in [0, 0.1) is 5.82 Å². The molecule has 0 aliphatic heterocycles. The molecule has 1 aromatic carbocycles. The molecule has 5 heteroatoms. The van der Waals surface area contributed by atoms with E-state index in [0.29, 0.717) is 19.6 Å². The number of fused-ring (bicyclic) bond motifs is 1. The number of hydrogen-bond acceptors (Lipinski definition) is 3. The monoisotopic (exact) mass is 285 g/mol. The Kier molecular flexibility index (Phi) is 3.92. The molecule has 4 nitrogen and oxygen atoms in total. The summed E-state index contributed by atoms with van der Waals surface area (Å²) in [5, 5.41) is 0. The fourth-order valence-corrected chi connectivity index (χ4v) is 2.37. The van der Waals surface area contributed by atoms with E-state index in [0.717, 1.165) is 22.6 Å². The first-order valence-electron chi connectivity index (χ1n) is 6.81. The van der Waals surface area contributed by atoms with E-state index >= 15 is 0 Å². The molecule has 3 rings (SSSR count). The summed E-state index contributed by atoms with van der Waals surface area (Å²) >= 11 is 0. The third kappa shape index (κ3) is 2.92. The van der Waals surface area contributed by atoms with Gasteiger partial charge >= 0.3 is 0 Å². The van der Waals surface area contributed by atoms with Crippen LogP contribution in [0.25, 0.3) is 11.2 Å². The average molecular weight is 285 g/mol. The molecule has 2 heterocycles. The molecule has 0 atom stereocenters. The Balaban J connectivity index is 2.02. The summed E-state index contributed by atoms with van der Waals surface area (Å²) in [6.45, 7) is 1.14. The van der Waals surface area contributed by atoms with Crippen molar-refractivity contribution in [1.82, 2.24) is 14.5 Å². The maximum Gasteiger partial charge on any atom is 0.160 e. The van der Waals surface area contributed by atoms with E-state index in [1.54, 1.807) is 19.4 Å². The van der Waals surface area contributed by atoms with Crippen LogP contribution in [0.1, 0.15) is 11.4 Å². The lowest BCUT2D eigenvalue weighted by molar-refractivity contribution is 0.200. The molecule has 0 radical (unpaired) electrons. The molecule has 0 N–H and O–H groups in total. The van der Waals surface area contributed by atoms with Gasteiger partial charge in [0, 0.05) is 19.7 Å². The zero-order chi connectivity index (χ0) is 14.7. The summed E-state index contributed by atoms with van der Waals surface area (Å²) in [6.07, 6.45) is 2.44. The van der Waals surface area contributed by atoms with Crippen LogP contribution >= 0.6 is 0 Å². The van der Waals surface area contributed by atoms with Crippen molar-refractivity contribution in [2.75, 3.05) is 13.7 Å². The molecule has 21 heavy (non-hydrogen) atoms. The number of pyridine rings is 1. The van der Waals surface area contributed by atoms with Crippen LogP contribution in [0.15, 0.2) is 42.6 Å². The first-order valence-corrected chi connectivity index (χ1v) is 6.81. The summed E-state index contributed by atoms with van der Waals surface area (Å²) in [7, 11) is 1.66. The quantitative estimate of drug-likeness (QED) is 0.723. The van der Waals surface area contributed by atoms with Crippen LogP contribution in [-0.4, -0.2) is 28.3 Å². The second-order valence-electron chi connectivity index (χ2n) is 4.83. The van der Waals surface area contributed by atoms with Gasteiger partial charge in [0.05, 0.1) is 13.2 Å². The number of aromatic nitrogens is 3. The molecule has 0 saturated heterocycles. The third-order valence-corrected chi connectivity index (χ3v) is 3.34. The van der Waals surface area contributed by atoms with Gasteiger partial charge in [-0.2, -0.15) is 0 Å². The summed E-state index contributed by atoms with van der Waals surface area (Å²) in [4.78, 5) is 8.99. The topological polar surface area (TPSA) is 39.9 Å². The standard InChI is InChI=1S/C16H16FN3O/c1-21-9-7-15-19-14-6-3-8-18-16(14)20(15)11-12-4-2-5-13(17)10-12/h2-6,8,10H,7,9,11H2,1H3. The summed E-state index contributed by atoms with van der Waals surface area (Å²) in [5.41, 5.74) is 2.55. The predicted octanol–water partition coefficient (Wildman–Crippen LogP) is 2.81. The minimum absolute atomic E-state index is 0.233. The van der Waals surface area contributed by atoms with Crippen LogP contribution in [0.2, 0.25) is 0 Å². The van der Waals surface area contributed by atoms with Gasteiger partial charge in [0.15, 0.2) is 5.65 Å². The molecule has 0 spiro atoms. The second kappa shape index (κ2) is 6.01. The van der Waals surface area contributed by atoms with Crippen LogP contribution in [0.3, 0.4) is 0 Å². The third-order valence-electron chi connectivity index (χ3n) is 3.34.